The number of anilines is 1. The van der Waals surface area contributed by atoms with Crippen LogP contribution in [0.5, 0.6) is 0 Å². The van der Waals surface area contributed by atoms with Crippen molar-refractivity contribution >= 4 is 17.5 Å². The van der Waals surface area contributed by atoms with Crippen LogP contribution in [-0.2, 0) is 0 Å². The molecule has 1 aromatic heterocycles. The second-order valence-electron chi connectivity index (χ2n) is 4.09. The van der Waals surface area contributed by atoms with E-state index in [-0.39, 0.29) is 11.6 Å². The Bertz CT molecular complexity index is 638. The summed E-state index contributed by atoms with van der Waals surface area (Å²) in [5, 5.41) is 2.63. The molecule has 0 aliphatic carbocycles. The van der Waals surface area contributed by atoms with Crippen molar-refractivity contribution in [2.24, 2.45) is 5.73 Å². The Morgan fingerprint density at radius 3 is 2.68 bits per heavy atom. The summed E-state index contributed by atoms with van der Waals surface area (Å²) < 4.78 is 0. The van der Waals surface area contributed by atoms with E-state index in [1.54, 1.807) is 30.3 Å². The van der Waals surface area contributed by atoms with Crippen molar-refractivity contribution < 1.29 is 9.59 Å². The minimum Gasteiger partial charge on any atom is -0.364 e. The number of hydrogen-bond acceptors (Lipinski definition) is 3. The Balaban J connectivity index is 2.27. The fourth-order valence-electron chi connectivity index (χ4n) is 1.68. The van der Waals surface area contributed by atoms with Gasteiger partial charge in [0.15, 0.2) is 5.69 Å². The molecule has 0 bridgehead atoms. The zero-order chi connectivity index (χ0) is 13.8. The lowest BCUT2D eigenvalue weighted by Gasteiger charge is -2.08. The standard InChI is InChI=1S/C14H13N3O2/c1-9-4-2-5-10(8-9)14(19)17-11-6-3-7-16-12(11)13(15)18/h2-8H,1H3,(H2,15,18)(H,17,19). The summed E-state index contributed by atoms with van der Waals surface area (Å²) in [6, 6.07) is 10.4. The van der Waals surface area contributed by atoms with Gasteiger partial charge in [-0.1, -0.05) is 17.7 Å². The summed E-state index contributed by atoms with van der Waals surface area (Å²) >= 11 is 0. The van der Waals surface area contributed by atoms with E-state index in [0.717, 1.165) is 5.56 Å². The van der Waals surface area contributed by atoms with E-state index in [0.29, 0.717) is 11.3 Å². The lowest BCUT2D eigenvalue weighted by Crippen LogP contribution is -2.19. The first kappa shape index (κ1) is 12.8. The van der Waals surface area contributed by atoms with Gasteiger partial charge in [-0.05, 0) is 31.2 Å². The first-order valence-corrected chi connectivity index (χ1v) is 5.71. The van der Waals surface area contributed by atoms with Gasteiger partial charge in [0.1, 0.15) is 0 Å². The first-order chi connectivity index (χ1) is 9.08. The number of carbonyl (C=O) groups is 2. The molecule has 5 nitrogen and oxygen atoms in total. The summed E-state index contributed by atoms with van der Waals surface area (Å²) in [6.07, 6.45) is 1.45. The molecule has 0 saturated carbocycles. The van der Waals surface area contributed by atoms with E-state index >= 15 is 0 Å². The minimum atomic E-state index is -0.680. The number of pyridine rings is 1. The maximum absolute atomic E-state index is 12.1. The van der Waals surface area contributed by atoms with Gasteiger partial charge >= 0.3 is 0 Å². The van der Waals surface area contributed by atoms with E-state index in [4.69, 9.17) is 5.73 Å². The van der Waals surface area contributed by atoms with Gasteiger partial charge in [0.25, 0.3) is 11.8 Å². The van der Waals surface area contributed by atoms with Crippen molar-refractivity contribution in [2.75, 3.05) is 5.32 Å². The van der Waals surface area contributed by atoms with Crippen LogP contribution in [0, 0.1) is 6.92 Å². The number of aryl methyl sites for hydroxylation is 1. The van der Waals surface area contributed by atoms with Crippen LogP contribution < -0.4 is 11.1 Å². The predicted octanol–water partition coefficient (Wildman–Crippen LogP) is 1.74. The van der Waals surface area contributed by atoms with Gasteiger partial charge in [-0.25, -0.2) is 4.98 Å². The quantitative estimate of drug-likeness (QED) is 0.876. The van der Waals surface area contributed by atoms with Gasteiger partial charge in [0, 0.05) is 11.8 Å². The van der Waals surface area contributed by atoms with Gasteiger partial charge in [0.05, 0.1) is 5.69 Å². The number of carbonyl (C=O) groups excluding carboxylic acids is 2. The van der Waals surface area contributed by atoms with Crippen molar-refractivity contribution in [2.45, 2.75) is 6.92 Å². The molecule has 3 N–H and O–H groups in total. The number of aromatic nitrogens is 1. The second kappa shape index (κ2) is 5.30. The van der Waals surface area contributed by atoms with E-state index in [2.05, 4.69) is 10.3 Å². The van der Waals surface area contributed by atoms with E-state index < -0.39 is 5.91 Å². The Kier molecular flexibility index (Phi) is 3.56. The molecule has 2 rings (SSSR count). The molecule has 2 amide bonds. The molecule has 2 aromatic rings. The molecule has 0 aliphatic heterocycles. The lowest BCUT2D eigenvalue weighted by molar-refractivity contribution is 0.0996. The van der Waals surface area contributed by atoms with Crippen LogP contribution in [-0.4, -0.2) is 16.8 Å². The van der Waals surface area contributed by atoms with Gasteiger partial charge in [-0.3, -0.25) is 9.59 Å². The monoisotopic (exact) mass is 255 g/mol. The van der Waals surface area contributed by atoms with E-state index in [1.807, 2.05) is 13.0 Å². The summed E-state index contributed by atoms with van der Waals surface area (Å²) in [6.45, 7) is 1.90. The van der Waals surface area contributed by atoms with Crippen molar-refractivity contribution in [1.82, 2.24) is 4.98 Å². The molecule has 5 heteroatoms. The van der Waals surface area contributed by atoms with Crippen molar-refractivity contribution in [3.05, 3.63) is 59.4 Å². The third-order valence-corrected chi connectivity index (χ3v) is 2.57. The number of nitrogens with one attached hydrogen (secondary N) is 1. The molecule has 0 saturated heterocycles. The summed E-state index contributed by atoms with van der Waals surface area (Å²) in [7, 11) is 0. The highest BCUT2D eigenvalue weighted by Gasteiger charge is 2.12. The van der Waals surface area contributed by atoms with Crippen LogP contribution in [0.15, 0.2) is 42.6 Å². The molecule has 1 aromatic carbocycles. The van der Waals surface area contributed by atoms with Crippen molar-refractivity contribution in [3.63, 3.8) is 0 Å². The highest BCUT2D eigenvalue weighted by molar-refractivity contribution is 6.08. The van der Waals surface area contributed by atoms with Crippen LogP contribution >= 0.6 is 0 Å². The number of amides is 2. The topological polar surface area (TPSA) is 85.1 Å². The Morgan fingerprint density at radius 2 is 2.00 bits per heavy atom. The predicted molar refractivity (Wildman–Crippen MR) is 71.9 cm³/mol. The molecule has 0 unspecified atom stereocenters. The summed E-state index contributed by atoms with van der Waals surface area (Å²) in [5.41, 5.74) is 7.05. The maximum Gasteiger partial charge on any atom is 0.269 e. The number of nitrogens with zero attached hydrogens (tertiary/aromatic N) is 1. The smallest absolute Gasteiger partial charge is 0.269 e. The number of nitrogens with two attached hydrogens (primary N) is 1. The van der Waals surface area contributed by atoms with Crippen molar-refractivity contribution in [1.29, 1.82) is 0 Å². The number of benzene rings is 1. The SMILES string of the molecule is Cc1cccc(C(=O)Nc2cccnc2C(N)=O)c1. The van der Waals surface area contributed by atoms with Gasteiger partial charge in [-0.15, -0.1) is 0 Å². The highest BCUT2D eigenvalue weighted by Crippen LogP contribution is 2.13. The summed E-state index contributed by atoms with van der Waals surface area (Å²) in [4.78, 5) is 27.1. The van der Waals surface area contributed by atoms with Crippen LogP contribution in [0.25, 0.3) is 0 Å². The molecule has 1 heterocycles. The molecule has 0 fully saturated rings. The molecular weight excluding hydrogens is 242 g/mol. The average Bonchev–Trinajstić information content (AvgIpc) is 2.39. The summed E-state index contributed by atoms with van der Waals surface area (Å²) in [5.74, 6) is -0.987. The Morgan fingerprint density at radius 1 is 1.21 bits per heavy atom. The molecule has 0 atom stereocenters. The zero-order valence-corrected chi connectivity index (χ0v) is 10.4. The number of hydrogen-bond donors (Lipinski definition) is 2. The highest BCUT2D eigenvalue weighted by atomic mass is 16.2. The largest absolute Gasteiger partial charge is 0.364 e. The van der Waals surface area contributed by atoms with Crippen LogP contribution in [0.2, 0.25) is 0 Å². The molecule has 0 aliphatic rings. The Labute approximate surface area is 110 Å². The molecule has 96 valence electrons. The second-order valence-corrected chi connectivity index (χ2v) is 4.09. The average molecular weight is 255 g/mol. The molecule has 0 radical (unpaired) electrons. The van der Waals surface area contributed by atoms with Gasteiger partial charge in [-0.2, -0.15) is 0 Å². The number of rotatable bonds is 3. The van der Waals surface area contributed by atoms with Crippen LogP contribution in [0.4, 0.5) is 5.69 Å². The molecular formula is C14H13N3O2. The fraction of sp³-hybridized carbons (Fsp3) is 0.0714. The minimum absolute atomic E-state index is 0.0449. The lowest BCUT2D eigenvalue weighted by atomic mass is 10.1. The molecule has 0 spiro atoms. The van der Waals surface area contributed by atoms with E-state index in [9.17, 15) is 9.59 Å². The maximum atomic E-state index is 12.1. The normalized spacial score (nSPS) is 9.95. The van der Waals surface area contributed by atoms with Crippen molar-refractivity contribution in [3.8, 4) is 0 Å². The first-order valence-electron chi connectivity index (χ1n) is 5.71. The fourth-order valence-corrected chi connectivity index (χ4v) is 1.68. The number of primary amides is 1. The molecule has 19 heavy (non-hydrogen) atoms. The van der Waals surface area contributed by atoms with Gasteiger partial charge in [0.2, 0.25) is 0 Å². The van der Waals surface area contributed by atoms with Crippen LogP contribution in [0.1, 0.15) is 26.4 Å². The third-order valence-electron chi connectivity index (χ3n) is 2.57. The van der Waals surface area contributed by atoms with Gasteiger partial charge < -0.3 is 11.1 Å². The zero-order valence-electron chi connectivity index (χ0n) is 10.4. The Hall–Kier alpha value is -2.69. The van der Waals surface area contributed by atoms with E-state index in [1.165, 1.54) is 6.20 Å². The third kappa shape index (κ3) is 2.95. The van der Waals surface area contributed by atoms with Crippen LogP contribution in [0.3, 0.4) is 0 Å².